The number of hydrogen-bond donors (Lipinski definition) is 2. The van der Waals surface area contributed by atoms with Crippen molar-refractivity contribution in [3.8, 4) is 0 Å². The summed E-state index contributed by atoms with van der Waals surface area (Å²) in [6.07, 6.45) is 0. The van der Waals surface area contributed by atoms with Crippen LogP contribution in [0, 0.1) is 0 Å². The van der Waals surface area contributed by atoms with E-state index < -0.39 is 18.5 Å². The van der Waals surface area contributed by atoms with Crippen LogP contribution in [-0.4, -0.2) is 49.6 Å². The van der Waals surface area contributed by atoms with Crippen molar-refractivity contribution in [1.29, 1.82) is 0 Å². The number of nitrogens with one attached hydrogen (secondary N) is 2. The fraction of sp³-hybridized carbons (Fsp3) is 0.333. The fourth-order valence-electron chi connectivity index (χ4n) is 1.71. The van der Waals surface area contributed by atoms with Crippen LogP contribution in [0.15, 0.2) is 24.3 Å². The van der Waals surface area contributed by atoms with Gasteiger partial charge in [-0.05, 0) is 12.1 Å². The van der Waals surface area contributed by atoms with Gasteiger partial charge in [0.25, 0.3) is 5.91 Å². The number of esters is 1. The molecular formula is C15H17N3O5S. The normalized spacial score (nSPS) is 10.4. The first-order valence-corrected chi connectivity index (χ1v) is 7.95. The number of fused-ring (bicyclic) bond motifs is 1. The Morgan fingerprint density at radius 1 is 1.17 bits per heavy atom. The van der Waals surface area contributed by atoms with Crippen molar-refractivity contribution in [3.63, 3.8) is 0 Å². The Morgan fingerprint density at radius 3 is 2.71 bits per heavy atom. The Balaban J connectivity index is 1.64. The minimum atomic E-state index is -0.661. The van der Waals surface area contributed by atoms with Crippen LogP contribution in [-0.2, 0) is 30.5 Å². The number of carbonyl (C=O) groups is 3. The zero-order valence-corrected chi connectivity index (χ0v) is 13.9. The van der Waals surface area contributed by atoms with E-state index in [2.05, 4.69) is 15.6 Å². The third kappa shape index (κ3) is 5.60. The van der Waals surface area contributed by atoms with E-state index in [4.69, 9.17) is 9.47 Å². The molecule has 0 saturated heterocycles. The highest BCUT2D eigenvalue weighted by Crippen LogP contribution is 2.21. The average molecular weight is 351 g/mol. The summed E-state index contributed by atoms with van der Waals surface area (Å²) in [5.41, 5.74) is 0.886. The zero-order chi connectivity index (χ0) is 17.4. The van der Waals surface area contributed by atoms with Crippen LogP contribution in [0.5, 0.6) is 0 Å². The lowest BCUT2D eigenvalue weighted by Crippen LogP contribution is -2.37. The Morgan fingerprint density at radius 2 is 1.96 bits per heavy atom. The lowest BCUT2D eigenvalue weighted by molar-refractivity contribution is -0.153. The van der Waals surface area contributed by atoms with Crippen molar-refractivity contribution in [1.82, 2.24) is 15.6 Å². The smallest absolute Gasteiger partial charge is 0.332 e. The third-order valence-electron chi connectivity index (χ3n) is 2.87. The molecule has 0 bridgehead atoms. The van der Waals surface area contributed by atoms with Gasteiger partial charge in [0.15, 0.2) is 6.61 Å². The van der Waals surface area contributed by atoms with Gasteiger partial charge in [0.1, 0.15) is 11.6 Å². The summed E-state index contributed by atoms with van der Waals surface area (Å²) in [6, 6.07) is 7.69. The van der Waals surface area contributed by atoms with Gasteiger partial charge in [-0.15, -0.1) is 11.3 Å². The van der Waals surface area contributed by atoms with Gasteiger partial charge in [0.05, 0.1) is 23.4 Å². The summed E-state index contributed by atoms with van der Waals surface area (Å²) in [5.74, 6) is -1.56. The second kappa shape index (κ2) is 8.94. The molecule has 0 aliphatic heterocycles. The van der Waals surface area contributed by atoms with E-state index in [0.717, 1.165) is 15.2 Å². The number of likely N-dealkylation sites (N-methyl/N-ethyl adjacent to an activating group) is 1. The minimum Gasteiger partial charge on any atom is -0.454 e. The number of nitrogens with zero attached hydrogens (tertiary/aromatic N) is 1. The number of benzene rings is 1. The number of para-hydroxylation sites is 1. The fourth-order valence-corrected chi connectivity index (χ4v) is 2.61. The molecule has 0 atom stereocenters. The number of hydrogen-bond acceptors (Lipinski definition) is 7. The first kappa shape index (κ1) is 17.8. The van der Waals surface area contributed by atoms with Crippen LogP contribution >= 0.6 is 11.3 Å². The van der Waals surface area contributed by atoms with E-state index in [1.807, 2.05) is 24.3 Å². The standard InChI is InChI=1S/C15H17N3O5S/c1-16-12(19)6-17-13(20)7-23-15(21)9-22-8-14-18-10-4-2-3-5-11(10)24-14/h2-5H,6-9H2,1H3,(H,16,19)(H,17,20). The highest BCUT2D eigenvalue weighted by Gasteiger charge is 2.10. The lowest BCUT2D eigenvalue weighted by atomic mass is 10.3. The van der Waals surface area contributed by atoms with Gasteiger partial charge in [-0.1, -0.05) is 12.1 Å². The zero-order valence-electron chi connectivity index (χ0n) is 13.0. The maximum atomic E-state index is 11.5. The van der Waals surface area contributed by atoms with Crippen LogP contribution in [0.4, 0.5) is 0 Å². The van der Waals surface area contributed by atoms with Gasteiger partial charge >= 0.3 is 5.97 Å². The maximum absolute atomic E-state index is 11.5. The van der Waals surface area contributed by atoms with E-state index >= 15 is 0 Å². The van der Waals surface area contributed by atoms with Crippen molar-refractivity contribution in [3.05, 3.63) is 29.3 Å². The summed E-state index contributed by atoms with van der Waals surface area (Å²) in [4.78, 5) is 38.1. The molecule has 0 aliphatic carbocycles. The van der Waals surface area contributed by atoms with Gasteiger partial charge in [0.2, 0.25) is 5.91 Å². The number of carbonyl (C=O) groups excluding carboxylic acids is 3. The van der Waals surface area contributed by atoms with Gasteiger partial charge in [0, 0.05) is 7.05 Å². The van der Waals surface area contributed by atoms with Gasteiger partial charge in [-0.25, -0.2) is 9.78 Å². The molecule has 1 heterocycles. The Hall–Kier alpha value is -2.52. The first-order chi connectivity index (χ1) is 11.6. The molecule has 9 heteroatoms. The van der Waals surface area contributed by atoms with E-state index in [1.54, 1.807) is 0 Å². The average Bonchev–Trinajstić information content (AvgIpc) is 3.00. The number of thiazole rings is 1. The monoisotopic (exact) mass is 351 g/mol. The number of amides is 2. The van der Waals surface area contributed by atoms with Crippen molar-refractivity contribution < 1.29 is 23.9 Å². The molecule has 128 valence electrons. The highest BCUT2D eigenvalue weighted by atomic mass is 32.1. The summed E-state index contributed by atoms with van der Waals surface area (Å²) in [5, 5.41) is 5.42. The Bertz CT molecular complexity index is 698. The Kier molecular flexibility index (Phi) is 6.64. The van der Waals surface area contributed by atoms with Crippen molar-refractivity contribution in [2.45, 2.75) is 6.61 Å². The number of ether oxygens (including phenoxy) is 2. The summed E-state index contributed by atoms with van der Waals surface area (Å²) in [6.45, 7) is -0.711. The van der Waals surface area contributed by atoms with Gasteiger partial charge < -0.3 is 20.1 Å². The van der Waals surface area contributed by atoms with Crippen LogP contribution in [0.2, 0.25) is 0 Å². The highest BCUT2D eigenvalue weighted by molar-refractivity contribution is 7.18. The molecule has 24 heavy (non-hydrogen) atoms. The molecule has 0 spiro atoms. The lowest BCUT2D eigenvalue weighted by Gasteiger charge is -2.06. The van der Waals surface area contributed by atoms with Gasteiger partial charge in [-0.2, -0.15) is 0 Å². The van der Waals surface area contributed by atoms with Crippen LogP contribution in [0.1, 0.15) is 5.01 Å². The minimum absolute atomic E-state index is 0.166. The third-order valence-corrected chi connectivity index (χ3v) is 3.88. The van der Waals surface area contributed by atoms with Crippen molar-refractivity contribution in [2.24, 2.45) is 0 Å². The molecule has 2 rings (SSSR count). The van der Waals surface area contributed by atoms with Crippen molar-refractivity contribution >= 4 is 39.3 Å². The van der Waals surface area contributed by atoms with Crippen LogP contribution in [0.3, 0.4) is 0 Å². The molecule has 0 saturated carbocycles. The molecule has 1 aromatic heterocycles. The van der Waals surface area contributed by atoms with Crippen LogP contribution in [0.25, 0.3) is 10.2 Å². The molecule has 8 nitrogen and oxygen atoms in total. The predicted octanol–water partition coefficient (Wildman–Crippen LogP) is 0.218. The van der Waals surface area contributed by atoms with E-state index in [9.17, 15) is 14.4 Å². The number of rotatable bonds is 8. The molecular weight excluding hydrogens is 334 g/mol. The summed E-state index contributed by atoms with van der Waals surface area (Å²) >= 11 is 1.49. The molecule has 2 amide bonds. The molecule has 0 fully saturated rings. The topological polar surface area (TPSA) is 107 Å². The van der Waals surface area contributed by atoms with Gasteiger partial charge in [-0.3, -0.25) is 9.59 Å². The van der Waals surface area contributed by atoms with E-state index in [1.165, 1.54) is 18.4 Å². The molecule has 1 aromatic carbocycles. The molecule has 2 aromatic rings. The van der Waals surface area contributed by atoms with E-state index in [0.29, 0.717) is 0 Å². The maximum Gasteiger partial charge on any atom is 0.332 e. The quantitative estimate of drug-likeness (QED) is 0.659. The molecule has 0 aliphatic rings. The predicted molar refractivity (Wildman–Crippen MR) is 87.3 cm³/mol. The molecule has 0 radical (unpaired) electrons. The SMILES string of the molecule is CNC(=O)CNC(=O)COC(=O)COCc1nc2ccccc2s1. The first-order valence-electron chi connectivity index (χ1n) is 7.13. The Labute approximate surface area is 142 Å². The largest absolute Gasteiger partial charge is 0.454 e. The molecule has 0 unspecified atom stereocenters. The number of aromatic nitrogens is 1. The van der Waals surface area contributed by atoms with Crippen LogP contribution < -0.4 is 10.6 Å². The second-order valence-corrected chi connectivity index (χ2v) is 5.79. The summed E-state index contributed by atoms with van der Waals surface area (Å²) < 4.78 is 11.0. The van der Waals surface area contributed by atoms with E-state index in [-0.39, 0.29) is 25.7 Å². The molecule has 2 N–H and O–H groups in total. The van der Waals surface area contributed by atoms with Crippen molar-refractivity contribution in [2.75, 3.05) is 26.8 Å². The second-order valence-electron chi connectivity index (χ2n) is 4.68. The summed E-state index contributed by atoms with van der Waals surface area (Å²) in [7, 11) is 1.46.